The summed E-state index contributed by atoms with van der Waals surface area (Å²) < 4.78 is 24.8. The topological polar surface area (TPSA) is 76.2 Å². The summed E-state index contributed by atoms with van der Waals surface area (Å²) in [6.45, 7) is 5.07. The van der Waals surface area contributed by atoms with Gasteiger partial charge in [0, 0.05) is 12.6 Å². The molecule has 1 fully saturated rings. The van der Waals surface area contributed by atoms with Gasteiger partial charge in [0.05, 0.1) is 11.4 Å². The Hall–Kier alpha value is -3.16. The van der Waals surface area contributed by atoms with Crippen molar-refractivity contribution in [3.63, 3.8) is 0 Å². The highest BCUT2D eigenvalue weighted by Crippen LogP contribution is 2.39. The lowest BCUT2D eigenvalue weighted by molar-refractivity contribution is -0.121. The third kappa shape index (κ3) is 2.83. The third-order valence-corrected chi connectivity index (χ3v) is 3.96. The van der Waals surface area contributed by atoms with Gasteiger partial charge >= 0.3 is 12.0 Å². The molecule has 0 aromatic heterocycles. The molecule has 0 N–H and O–H groups in total. The Labute approximate surface area is 149 Å². The first kappa shape index (κ1) is 17.7. The molecule has 3 rings (SSSR count). The molecular weight excluding hydrogens is 343 g/mol. The van der Waals surface area contributed by atoms with Gasteiger partial charge in [0.25, 0.3) is 5.91 Å². The number of amides is 3. The van der Waals surface area contributed by atoms with Crippen LogP contribution in [-0.2, 0) is 14.3 Å². The maximum atomic E-state index is 14.6. The SMILES string of the molecule is C/C=C/CN1C(=O)COc2cc(F)c(N3C(=O)OC(=C(C)C)C3=O)cc21. The summed E-state index contributed by atoms with van der Waals surface area (Å²) >= 11 is 0. The van der Waals surface area contributed by atoms with Gasteiger partial charge in [0.2, 0.25) is 0 Å². The molecular formula is C18H17FN2O5. The second kappa shape index (κ2) is 6.62. The van der Waals surface area contributed by atoms with Crippen molar-refractivity contribution < 1.29 is 28.2 Å². The van der Waals surface area contributed by atoms with Crippen LogP contribution >= 0.6 is 0 Å². The standard InChI is InChI=1S/C18H17FN2O5/c1-4-5-6-20-13-8-12(11(19)7-14(13)25-9-15(20)22)21-17(23)16(10(2)3)26-18(21)24/h4-5,7-8H,6,9H2,1-3H3/b5-4+. The molecule has 1 aromatic carbocycles. The summed E-state index contributed by atoms with van der Waals surface area (Å²) in [5, 5.41) is 0. The van der Waals surface area contributed by atoms with E-state index in [1.807, 2.05) is 6.92 Å². The average molecular weight is 360 g/mol. The van der Waals surface area contributed by atoms with Crippen molar-refractivity contribution in [3.8, 4) is 5.75 Å². The molecule has 1 saturated heterocycles. The molecule has 26 heavy (non-hydrogen) atoms. The Morgan fingerprint density at radius 2 is 1.96 bits per heavy atom. The summed E-state index contributed by atoms with van der Waals surface area (Å²) in [6, 6.07) is 2.30. The molecule has 0 unspecified atom stereocenters. The highest BCUT2D eigenvalue weighted by atomic mass is 19.1. The van der Waals surface area contributed by atoms with Crippen LogP contribution in [-0.4, -0.2) is 31.1 Å². The quantitative estimate of drug-likeness (QED) is 0.612. The van der Waals surface area contributed by atoms with E-state index in [4.69, 9.17) is 9.47 Å². The molecule has 136 valence electrons. The first-order valence-electron chi connectivity index (χ1n) is 7.96. The minimum absolute atomic E-state index is 0.134. The number of fused-ring (bicyclic) bond motifs is 1. The zero-order chi connectivity index (χ0) is 19.0. The number of ether oxygens (including phenoxy) is 2. The van der Waals surface area contributed by atoms with Crippen molar-refractivity contribution in [1.82, 2.24) is 0 Å². The highest BCUT2D eigenvalue weighted by Gasteiger charge is 2.41. The fraction of sp³-hybridized carbons (Fsp3) is 0.278. The molecule has 2 heterocycles. The Balaban J connectivity index is 2.09. The van der Waals surface area contributed by atoms with Crippen molar-refractivity contribution >= 4 is 29.3 Å². The summed E-state index contributed by atoms with van der Waals surface area (Å²) in [4.78, 5) is 38.7. The lowest BCUT2D eigenvalue weighted by Crippen LogP contribution is -2.39. The van der Waals surface area contributed by atoms with Crippen LogP contribution in [0.2, 0.25) is 0 Å². The number of benzene rings is 1. The zero-order valence-corrected chi connectivity index (χ0v) is 14.5. The first-order valence-corrected chi connectivity index (χ1v) is 7.96. The minimum Gasteiger partial charge on any atom is -0.481 e. The number of carbonyl (C=O) groups excluding carboxylic acids is 3. The molecule has 2 aliphatic rings. The Morgan fingerprint density at radius 3 is 2.58 bits per heavy atom. The molecule has 3 amide bonds. The third-order valence-electron chi connectivity index (χ3n) is 3.96. The van der Waals surface area contributed by atoms with Crippen LogP contribution in [0.3, 0.4) is 0 Å². The van der Waals surface area contributed by atoms with Gasteiger partial charge in [-0.05, 0) is 32.4 Å². The predicted octanol–water partition coefficient (Wildman–Crippen LogP) is 2.90. The van der Waals surface area contributed by atoms with E-state index in [9.17, 15) is 18.8 Å². The normalized spacial score (nSPS) is 16.9. The van der Waals surface area contributed by atoms with E-state index >= 15 is 0 Å². The van der Waals surface area contributed by atoms with Gasteiger partial charge in [-0.25, -0.2) is 14.1 Å². The molecule has 8 heteroatoms. The number of carbonyl (C=O) groups is 3. The van der Waals surface area contributed by atoms with Gasteiger partial charge in [-0.1, -0.05) is 12.2 Å². The van der Waals surface area contributed by atoms with E-state index in [0.717, 1.165) is 6.07 Å². The molecule has 1 aromatic rings. The summed E-state index contributed by atoms with van der Waals surface area (Å²) in [5.74, 6) is -1.86. The minimum atomic E-state index is -0.992. The number of nitrogens with zero attached hydrogens (tertiary/aromatic N) is 2. The van der Waals surface area contributed by atoms with E-state index < -0.39 is 17.8 Å². The van der Waals surface area contributed by atoms with E-state index in [2.05, 4.69) is 0 Å². The van der Waals surface area contributed by atoms with Crippen molar-refractivity contribution in [2.24, 2.45) is 0 Å². The number of imide groups is 1. The molecule has 0 atom stereocenters. The Kier molecular flexibility index (Phi) is 4.50. The second-order valence-electron chi connectivity index (χ2n) is 5.97. The summed E-state index contributed by atoms with van der Waals surface area (Å²) in [5.41, 5.74) is 0.484. The number of anilines is 2. The van der Waals surface area contributed by atoms with Gasteiger partial charge in [0.1, 0.15) is 5.75 Å². The summed E-state index contributed by atoms with van der Waals surface area (Å²) in [6.07, 6.45) is 2.54. The number of halogens is 1. The average Bonchev–Trinajstić information content (AvgIpc) is 2.89. The van der Waals surface area contributed by atoms with Crippen molar-refractivity contribution in [3.05, 3.63) is 41.4 Å². The fourth-order valence-corrected chi connectivity index (χ4v) is 2.68. The maximum absolute atomic E-state index is 14.6. The second-order valence-corrected chi connectivity index (χ2v) is 5.97. The molecule has 0 aliphatic carbocycles. The van der Waals surface area contributed by atoms with Crippen molar-refractivity contribution in [1.29, 1.82) is 0 Å². The van der Waals surface area contributed by atoms with Crippen LogP contribution in [0.5, 0.6) is 5.75 Å². The summed E-state index contributed by atoms with van der Waals surface area (Å²) in [7, 11) is 0. The van der Waals surface area contributed by atoms with E-state index in [1.165, 1.54) is 11.0 Å². The fourth-order valence-electron chi connectivity index (χ4n) is 2.68. The van der Waals surface area contributed by atoms with Crippen LogP contribution in [0.25, 0.3) is 0 Å². The lowest BCUT2D eigenvalue weighted by Gasteiger charge is -2.29. The lowest BCUT2D eigenvalue weighted by atomic mass is 10.1. The zero-order valence-electron chi connectivity index (χ0n) is 14.5. The number of rotatable bonds is 3. The van der Waals surface area contributed by atoms with Gasteiger partial charge in [0.15, 0.2) is 18.2 Å². The van der Waals surface area contributed by atoms with Crippen molar-refractivity contribution in [2.45, 2.75) is 20.8 Å². The maximum Gasteiger partial charge on any atom is 0.427 e. The van der Waals surface area contributed by atoms with Gasteiger partial charge < -0.3 is 14.4 Å². The van der Waals surface area contributed by atoms with Crippen LogP contribution in [0.1, 0.15) is 20.8 Å². The van der Waals surface area contributed by atoms with Crippen LogP contribution < -0.4 is 14.5 Å². The molecule has 0 spiro atoms. The number of hydrogen-bond donors (Lipinski definition) is 0. The smallest absolute Gasteiger partial charge is 0.427 e. The highest BCUT2D eigenvalue weighted by molar-refractivity contribution is 6.24. The molecule has 7 nitrogen and oxygen atoms in total. The van der Waals surface area contributed by atoms with E-state index in [-0.39, 0.29) is 41.9 Å². The monoisotopic (exact) mass is 360 g/mol. The molecule has 0 bridgehead atoms. The first-order chi connectivity index (χ1) is 12.3. The van der Waals surface area contributed by atoms with Gasteiger partial charge in [-0.2, -0.15) is 0 Å². The van der Waals surface area contributed by atoms with Gasteiger partial charge in [-0.3, -0.25) is 9.59 Å². The Morgan fingerprint density at radius 1 is 1.23 bits per heavy atom. The number of allylic oxidation sites excluding steroid dienone is 2. The largest absolute Gasteiger partial charge is 0.481 e. The molecule has 2 aliphatic heterocycles. The predicted molar refractivity (Wildman–Crippen MR) is 91.4 cm³/mol. The van der Waals surface area contributed by atoms with Crippen LogP contribution in [0.4, 0.5) is 20.6 Å². The molecule has 0 saturated carbocycles. The number of cyclic esters (lactones) is 1. The van der Waals surface area contributed by atoms with E-state index in [0.29, 0.717) is 10.5 Å². The van der Waals surface area contributed by atoms with E-state index in [1.54, 1.807) is 26.0 Å². The van der Waals surface area contributed by atoms with Gasteiger partial charge in [-0.15, -0.1) is 0 Å². The number of hydrogen-bond acceptors (Lipinski definition) is 5. The Bertz CT molecular complexity index is 871. The van der Waals surface area contributed by atoms with Crippen LogP contribution in [0, 0.1) is 5.82 Å². The van der Waals surface area contributed by atoms with Crippen LogP contribution in [0.15, 0.2) is 35.6 Å². The van der Waals surface area contributed by atoms with Crippen molar-refractivity contribution in [2.75, 3.05) is 23.0 Å². The molecule has 0 radical (unpaired) electrons.